The molecule has 2 nitrogen and oxygen atoms in total. The van der Waals surface area contributed by atoms with Crippen LogP contribution in [0.25, 0.3) is 0 Å². The fourth-order valence-corrected chi connectivity index (χ4v) is 1.99. The van der Waals surface area contributed by atoms with Crippen molar-refractivity contribution in [1.82, 2.24) is 0 Å². The molecule has 0 aromatic carbocycles. The highest BCUT2D eigenvalue weighted by Crippen LogP contribution is 2.35. The Labute approximate surface area is 69.1 Å². The monoisotopic (exact) mass is 157 g/mol. The van der Waals surface area contributed by atoms with Gasteiger partial charge >= 0.3 is 0 Å². The lowest BCUT2D eigenvalue weighted by Crippen LogP contribution is -2.46. The van der Waals surface area contributed by atoms with Gasteiger partial charge < -0.3 is 10.5 Å². The maximum atomic E-state index is 5.89. The molecule has 0 heterocycles. The molecule has 66 valence electrons. The van der Waals surface area contributed by atoms with E-state index < -0.39 is 0 Å². The lowest BCUT2D eigenvalue weighted by molar-refractivity contribution is -0.0486. The predicted octanol–water partition coefficient (Wildman–Crippen LogP) is 1.68. The molecule has 1 aliphatic rings. The highest BCUT2D eigenvalue weighted by atomic mass is 16.5. The summed E-state index contributed by atoms with van der Waals surface area (Å²) in [5.74, 6) is 0. The normalized spacial score (nSPS) is 25.4. The molecule has 0 amide bonds. The molecule has 1 fully saturated rings. The third-order valence-corrected chi connectivity index (χ3v) is 2.71. The molecule has 0 aromatic rings. The predicted molar refractivity (Wildman–Crippen MR) is 46.5 cm³/mol. The molecule has 1 saturated carbocycles. The quantitative estimate of drug-likeness (QED) is 0.676. The summed E-state index contributed by atoms with van der Waals surface area (Å²) in [7, 11) is 0. The van der Waals surface area contributed by atoms with Crippen molar-refractivity contribution in [3.8, 4) is 0 Å². The first-order valence-electron chi connectivity index (χ1n) is 4.61. The Kier molecular flexibility index (Phi) is 2.90. The van der Waals surface area contributed by atoms with Gasteiger partial charge in [-0.1, -0.05) is 12.8 Å². The summed E-state index contributed by atoms with van der Waals surface area (Å²) in [5.41, 5.74) is 5.92. The molecule has 2 N–H and O–H groups in total. The van der Waals surface area contributed by atoms with Crippen LogP contribution in [0.2, 0.25) is 0 Å². The molecule has 0 unspecified atom stereocenters. The molecule has 11 heavy (non-hydrogen) atoms. The van der Waals surface area contributed by atoms with Crippen LogP contribution in [-0.4, -0.2) is 18.2 Å². The van der Waals surface area contributed by atoms with Gasteiger partial charge in [0.2, 0.25) is 0 Å². The molecule has 0 aliphatic heterocycles. The number of hydrogen-bond donors (Lipinski definition) is 1. The van der Waals surface area contributed by atoms with Crippen molar-refractivity contribution in [3.05, 3.63) is 0 Å². The van der Waals surface area contributed by atoms with Crippen LogP contribution in [0.4, 0.5) is 0 Å². The summed E-state index contributed by atoms with van der Waals surface area (Å²) >= 11 is 0. The fourth-order valence-electron chi connectivity index (χ4n) is 1.99. The van der Waals surface area contributed by atoms with Crippen molar-refractivity contribution < 1.29 is 4.74 Å². The third-order valence-electron chi connectivity index (χ3n) is 2.71. The number of ether oxygens (including phenoxy) is 1. The molecule has 1 aliphatic carbocycles. The first kappa shape index (κ1) is 9.01. The highest BCUT2D eigenvalue weighted by molar-refractivity contribution is 4.93. The second kappa shape index (κ2) is 3.55. The first-order chi connectivity index (χ1) is 5.21. The Hall–Kier alpha value is -0.0800. The van der Waals surface area contributed by atoms with E-state index in [9.17, 15) is 0 Å². The van der Waals surface area contributed by atoms with E-state index in [0.29, 0.717) is 0 Å². The zero-order chi connectivity index (χ0) is 8.32. The van der Waals surface area contributed by atoms with Gasteiger partial charge in [0, 0.05) is 12.6 Å². The van der Waals surface area contributed by atoms with E-state index in [1.54, 1.807) is 0 Å². The lowest BCUT2D eigenvalue weighted by atomic mass is 9.94. The summed E-state index contributed by atoms with van der Waals surface area (Å²) in [6.07, 6.45) is 4.86. The molecule has 0 saturated heterocycles. The Morgan fingerprint density at radius 1 is 1.45 bits per heavy atom. The SMILES string of the molecule is CCOC1([C@@H](C)N)CCCC1. The van der Waals surface area contributed by atoms with Crippen molar-refractivity contribution in [3.63, 3.8) is 0 Å². The van der Waals surface area contributed by atoms with Crippen LogP contribution in [0.15, 0.2) is 0 Å². The number of hydrogen-bond acceptors (Lipinski definition) is 2. The third kappa shape index (κ3) is 1.74. The van der Waals surface area contributed by atoms with Gasteiger partial charge in [0.1, 0.15) is 0 Å². The molecular weight excluding hydrogens is 138 g/mol. The van der Waals surface area contributed by atoms with Crippen LogP contribution in [-0.2, 0) is 4.74 Å². The minimum Gasteiger partial charge on any atom is -0.374 e. The summed E-state index contributed by atoms with van der Waals surface area (Å²) in [4.78, 5) is 0. The maximum Gasteiger partial charge on any atom is 0.0829 e. The number of nitrogens with two attached hydrogens (primary N) is 1. The summed E-state index contributed by atoms with van der Waals surface area (Å²) in [6.45, 7) is 4.89. The lowest BCUT2D eigenvalue weighted by Gasteiger charge is -2.32. The van der Waals surface area contributed by atoms with Gasteiger partial charge in [0.25, 0.3) is 0 Å². The summed E-state index contributed by atoms with van der Waals surface area (Å²) in [5, 5.41) is 0. The fraction of sp³-hybridized carbons (Fsp3) is 1.00. The van der Waals surface area contributed by atoms with E-state index in [0.717, 1.165) is 19.4 Å². The first-order valence-corrected chi connectivity index (χ1v) is 4.61. The van der Waals surface area contributed by atoms with Crippen molar-refractivity contribution in [2.24, 2.45) is 5.73 Å². The van der Waals surface area contributed by atoms with E-state index in [1.165, 1.54) is 12.8 Å². The van der Waals surface area contributed by atoms with E-state index in [2.05, 4.69) is 6.92 Å². The average Bonchev–Trinajstić information content (AvgIpc) is 2.38. The van der Waals surface area contributed by atoms with Gasteiger partial charge in [0.05, 0.1) is 5.60 Å². The van der Waals surface area contributed by atoms with Crippen LogP contribution in [0.5, 0.6) is 0 Å². The van der Waals surface area contributed by atoms with E-state index in [4.69, 9.17) is 10.5 Å². The van der Waals surface area contributed by atoms with Crippen molar-refractivity contribution in [2.45, 2.75) is 51.2 Å². The van der Waals surface area contributed by atoms with Gasteiger partial charge in [0.15, 0.2) is 0 Å². The second-order valence-corrected chi connectivity index (χ2v) is 3.49. The summed E-state index contributed by atoms with van der Waals surface area (Å²) < 4.78 is 5.73. The second-order valence-electron chi connectivity index (χ2n) is 3.49. The number of rotatable bonds is 3. The zero-order valence-corrected chi connectivity index (χ0v) is 7.60. The van der Waals surface area contributed by atoms with Crippen LogP contribution in [0, 0.1) is 0 Å². The van der Waals surface area contributed by atoms with Crippen LogP contribution in [0.1, 0.15) is 39.5 Å². The minimum absolute atomic E-state index is 0.0226. The van der Waals surface area contributed by atoms with Gasteiger partial charge in [-0.2, -0.15) is 0 Å². The van der Waals surface area contributed by atoms with Gasteiger partial charge in [-0.25, -0.2) is 0 Å². The minimum atomic E-state index is 0.0226. The molecule has 1 atom stereocenters. The Morgan fingerprint density at radius 3 is 2.36 bits per heavy atom. The maximum absolute atomic E-state index is 5.89. The smallest absolute Gasteiger partial charge is 0.0829 e. The van der Waals surface area contributed by atoms with Crippen LogP contribution >= 0.6 is 0 Å². The molecule has 2 heteroatoms. The molecule has 1 rings (SSSR count). The largest absolute Gasteiger partial charge is 0.374 e. The zero-order valence-electron chi connectivity index (χ0n) is 7.60. The Bertz CT molecular complexity index is 117. The Balaban J connectivity index is 2.55. The van der Waals surface area contributed by atoms with Gasteiger partial charge in [-0.3, -0.25) is 0 Å². The van der Waals surface area contributed by atoms with Gasteiger partial charge in [-0.05, 0) is 26.7 Å². The van der Waals surface area contributed by atoms with Crippen molar-refractivity contribution in [2.75, 3.05) is 6.61 Å². The van der Waals surface area contributed by atoms with Crippen LogP contribution in [0.3, 0.4) is 0 Å². The molecule has 0 bridgehead atoms. The summed E-state index contributed by atoms with van der Waals surface area (Å²) in [6, 6.07) is 0.185. The molecular formula is C9H19NO. The highest BCUT2D eigenvalue weighted by Gasteiger charge is 2.37. The Morgan fingerprint density at radius 2 is 2.00 bits per heavy atom. The van der Waals surface area contributed by atoms with E-state index in [-0.39, 0.29) is 11.6 Å². The standard InChI is InChI=1S/C9H19NO/c1-3-11-9(8(2)10)6-4-5-7-9/h8H,3-7,10H2,1-2H3/t8-/m1/s1. The van der Waals surface area contributed by atoms with E-state index >= 15 is 0 Å². The average molecular weight is 157 g/mol. The topological polar surface area (TPSA) is 35.2 Å². The molecule has 0 radical (unpaired) electrons. The van der Waals surface area contributed by atoms with Gasteiger partial charge in [-0.15, -0.1) is 0 Å². The van der Waals surface area contributed by atoms with Crippen molar-refractivity contribution in [1.29, 1.82) is 0 Å². The van der Waals surface area contributed by atoms with Crippen molar-refractivity contribution >= 4 is 0 Å². The molecule has 0 spiro atoms. The van der Waals surface area contributed by atoms with E-state index in [1.807, 2.05) is 6.92 Å². The van der Waals surface area contributed by atoms with Crippen LogP contribution < -0.4 is 5.73 Å². The molecule has 0 aromatic heterocycles.